The summed E-state index contributed by atoms with van der Waals surface area (Å²) in [4.78, 5) is 25.6. The van der Waals surface area contributed by atoms with Gasteiger partial charge in [0.25, 0.3) is 0 Å². The fraction of sp³-hybridized carbons (Fsp3) is 0.333. The second kappa shape index (κ2) is 10.2. The van der Waals surface area contributed by atoms with Crippen LogP contribution in [0, 0.1) is 6.92 Å². The molecule has 3 heterocycles. The summed E-state index contributed by atoms with van der Waals surface area (Å²) >= 11 is 0. The maximum atomic E-state index is 13.3. The van der Waals surface area contributed by atoms with Gasteiger partial charge in [0.05, 0.1) is 22.8 Å². The molecule has 0 saturated carbocycles. The van der Waals surface area contributed by atoms with E-state index in [2.05, 4.69) is 6.92 Å². The van der Waals surface area contributed by atoms with Gasteiger partial charge in [-0.05, 0) is 50.1 Å². The Morgan fingerprint density at radius 1 is 0.917 bits per heavy atom. The van der Waals surface area contributed by atoms with Crippen LogP contribution >= 0.6 is 0 Å². The molecule has 2 aromatic carbocycles. The van der Waals surface area contributed by atoms with Gasteiger partial charge in [-0.15, -0.1) is 0 Å². The Bertz CT molecular complexity index is 1510. The molecular weight excluding hydrogens is 456 g/mol. The molecule has 0 bridgehead atoms. The van der Waals surface area contributed by atoms with Crippen LogP contribution in [0.4, 0.5) is 0 Å². The number of benzene rings is 2. The van der Waals surface area contributed by atoms with Crippen LogP contribution in [0.25, 0.3) is 33.4 Å². The van der Waals surface area contributed by atoms with Crippen molar-refractivity contribution in [2.75, 3.05) is 0 Å². The molecule has 36 heavy (non-hydrogen) atoms. The zero-order valence-electron chi connectivity index (χ0n) is 20.8. The maximum Gasteiger partial charge on any atom is 0.344 e. The van der Waals surface area contributed by atoms with Crippen molar-refractivity contribution in [3.05, 3.63) is 86.6 Å². The molecule has 0 fully saturated rings. The Kier molecular flexibility index (Phi) is 6.79. The lowest BCUT2D eigenvalue weighted by Gasteiger charge is -2.29. The third kappa shape index (κ3) is 4.73. The summed E-state index contributed by atoms with van der Waals surface area (Å²) in [7, 11) is 0. The quantitative estimate of drug-likeness (QED) is 0.194. The zero-order valence-corrected chi connectivity index (χ0v) is 20.8. The molecule has 6 heteroatoms. The van der Waals surface area contributed by atoms with Crippen LogP contribution in [0.3, 0.4) is 0 Å². The van der Waals surface area contributed by atoms with Crippen LogP contribution in [-0.2, 0) is 4.74 Å². The molecule has 1 aliphatic rings. The molecule has 5 rings (SSSR count). The zero-order chi connectivity index (χ0) is 25.2. The molecule has 0 spiro atoms. The average Bonchev–Trinajstić information content (AvgIpc) is 2.85. The van der Waals surface area contributed by atoms with Gasteiger partial charge in [0.2, 0.25) is 6.29 Å². The summed E-state index contributed by atoms with van der Waals surface area (Å²) in [5.41, 5.74) is 2.35. The Hall–Kier alpha value is -3.64. The number of hydrogen-bond acceptors (Lipinski definition) is 6. The highest BCUT2D eigenvalue weighted by molar-refractivity contribution is 5.93. The van der Waals surface area contributed by atoms with Gasteiger partial charge in [-0.1, -0.05) is 56.9 Å². The number of ether oxygens (including phenoxy) is 2. The minimum atomic E-state index is -0.743. The van der Waals surface area contributed by atoms with Crippen molar-refractivity contribution in [3.8, 4) is 28.2 Å². The van der Waals surface area contributed by atoms with E-state index in [1.807, 2.05) is 50.2 Å². The molecule has 6 nitrogen and oxygen atoms in total. The van der Waals surface area contributed by atoms with E-state index in [9.17, 15) is 9.59 Å². The van der Waals surface area contributed by atoms with Crippen molar-refractivity contribution < 1.29 is 18.3 Å². The first kappa shape index (κ1) is 24.1. The lowest BCUT2D eigenvalue weighted by Crippen LogP contribution is -2.23. The minimum Gasteiger partial charge on any atom is -0.460 e. The minimum absolute atomic E-state index is 0.0482. The van der Waals surface area contributed by atoms with Gasteiger partial charge in [0.15, 0.2) is 5.76 Å². The predicted octanol–water partition coefficient (Wildman–Crippen LogP) is 7.16. The number of hydrogen-bond donors (Lipinski definition) is 0. The first-order chi connectivity index (χ1) is 17.4. The average molecular weight is 487 g/mol. The molecule has 2 atom stereocenters. The summed E-state index contributed by atoms with van der Waals surface area (Å²) in [6, 6.07) is 16.1. The monoisotopic (exact) mass is 486 g/mol. The molecule has 2 aromatic heterocycles. The highest BCUT2D eigenvalue weighted by Crippen LogP contribution is 2.44. The van der Waals surface area contributed by atoms with Crippen LogP contribution in [0.2, 0.25) is 0 Å². The van der Waals surface area contributed by atoms with Crippen molar-refractivity contribution in [3.63, 3.8) is 0 Å². The summed E-state index contributed by atoms with van der Waals surface area (Å²) < 4.78 is 23.9. The number of para-hydroxylation sites is 1. The maximum absolute atomic E-state index is 13.3. The number of unbranched alkanes of at least 4 members (excludes halogenated alkanes) is 3. The largest absolute Gasteiger partial charge is 0.460 e. The lowest BCUT2D eigenvalue weighted by atomic mass is 9.97. The molecule has 186 valence electrons. The van der Waals surface area contributed by atoms with Crippen LogP contribution in [0.1, 0.15) is 63.4 Å². The smallest absolute Gasteiger partial charge is 0.344 e. The van der Waals surface area contributed by atoms with Crippen LogP contribution in [-0.4, -0.2) is 6.10 Å². The van der Waals surface area contributed by atoms with Gasteiger partial charge < -0.3 is 18.3 Å². The van der Waals surface area contributed by atoms with E-state index in [1.54, 1.807) is 12.1 Å². The molecule has 0 N–H and O–H groups in total. The van der Waals surface area contributed by atoms with Gasteiger partial charge in [0, 0.05) is 17.0 Å². The van der Waals surface area contributed by atoms with E-state index in [0.717, 1.165) is 24.8 Å². The highest BCUT2D eigenvalue weighted by atomic mass is 16.7. The van der Waals surface area contributed by atoms with Crippen molar-refractivity contribution in [2.24, 2.45) is 0 Å². The molecule has 0 amide bonds. The van der Waals surface area contributed by atoms with E-state index < -0.39 is 17.5 Å². The fourth-order valence-corrected chi connectivity index (χ4v) is 4.73. The van der Waals surface area contributed by atoms with Gasteiger partial charge in [-0.2, -0.15) is 0 Å². The van der Waals surface area contributed by atoms with Crippen LogP contribution in [0.5, 0.6) is 5.75 Å². The lowest BCUT2D eigenvalue weighted by molar-refractivity contribution is -0.122. The summed E-state index contributed by atoms with van der Waals surface area (Å²) in [6.45, 7) is 6.14. The van der Waals surface area contributed by atoms with Crippen LogP contribution < -0.4 is 16.0 Å². The first-order valence-corrected chi connectivity index (χ1v) is 12.6. The molecular formula is C30H30O6. The second-order valence-electron chi connectivity index (χ2n) is 9.45. The topological polar surface area (TPSA) is 78.9 Å². The highest BCUT2D eigenvalue weighted by Gasteiger charge is 2.32. The van der Waals surface area contributed by atoms with Crippen LogP contribution in [0.15, 0.2) is 73.0 Å². The number of rotatable bonds is 8. The Balaban J connectivity index is 1.60. The van der Waals surface area contributed by atoms with Crippen molar-refractivity contribution in [2.45, 2.75) is 65.3 Å². The third-order valence-electron chi connectivity index (χ3n) is 6.61. The van der Waals surface area contributed by atoms with Crippen molar-refractivity contribution in [1.29, 1.82) is 0 Å². The number of fused-ring (bicyclic) bond motifs is 4. The molecule has 4 aromatic rings. The van der Waals surface area contributed by atoms with Gasteiger partial charge in [-0.3, -0.25) is 0 Å². The van der Waals surface area contributed by atoms with E-state index in [1.165, 1.54) is 18.9 Å². The molecule has 0 radical (unpaired) electrons. The Morgan fingerprint density at radius 2 is 1.75 bits per heavy atom. The fourth-order valence-electron chi connectivity index (χ4n) is 4.73. The third-order valence-corrected chi connectivity index (χ3v) is 6.61. The van der Waals surface area contributed by atoms with E-state index >= 15 is 0 Å². The predicted molar refractivity (Wildman–Crippen MR) is 139 cm³/mol. The Labute approximate surface area is 209 Å². The van der Waals surface area contributed by atoms with Gasteiger partial charge in [-0.25, -0.2) is 9.59 Å². The van der Waals surface area contributed by atoms with Gasteiger partial charge in [0.1, 0.15) is 11.3 Å². The standard InChI is InChI=1S/C30H30O6/c1-4-5-6-7-10-19(3)33-30-24-16-23(22-17-27(31)34-26-15-18(2)13-14-20(22)26)29(32)36-28(24)21-11-8-9-12-25(21)35-30/h8-9,11-17,19,30H,4-7,10H2,1-3H3. The summed E-state index contributed by atoms with van der Waals surface area (Å²) in [5, 5.41) is 0.659. The second-order valence-corrected chi connectivity index (χ2v) is 9.45. The van der Waals surface area contributed by atoms with E-state index in [0.29, 0.717) is 39.2 Å². The van der Waals surface area contributed by atoms with E-state index in [-0.39, 0.29) is 11.7 Å². The molecule has 0 saturated heterocycles. The Morgan fingerprint density at radius 3 is 2.58 bits per heavy atom. The van der Waals surface area contributed by atoms with E-state index in [4.69, 9.17) is 18.3 Å². The SMILES string of the molecule is CCCCCCC(C)OC1Oc2ccccc2-c2oc(=O)c(-c3cc(=O)oc4cc(C)ccc34)cc21. The number of aryl methyl sites for hydroxylation is 1. The van der Waals surface area contributed by atoms with Crippen molar-refractivity contribution >= 4 is 11.0 Å². The normalized spacial score (nSPS) is 15.2. The van der Waals surface area contributed by atoms with Crippen molar-refractivity contribution in [1.82, 2.24) is 0 Å². The summed E-state index contributed by atoms with van der Waals surface area (Å²) in [5.74, 6) is 1.03. The first-order valence-electron chi connectivity index (χ1n) is 12.6. The summed E-state index contributed by atoms with van der Waals surface area (Å²) in [6.07, 6.45) is 4.74. The molecule has 0 aliphatic carbocycles. The molecule has 2 unspecified atom stereocenters. The van der Waals surface area contributed by atoms with Gasteiger partial charge >= 0.3 is 11.3 Å². The molecule has 1 aliphatic heterocycles.